The van der Waals surface area contributed by atoms with Crippen LogP contribution in [0.3, 0.4) is 0 Å². The summed E-state index contributed by atoms with van der Waals surface area (Å²) in [6, 6.07) is 4.59. The Hall–Kier alpha value is -2.70. The number of rotatable bonds is 5. The first-order chi connectivity index (χ1) is 10.6. The molecule has 2 aromatic rings. The summed E-state index contributed by atoms with van der Waals surface area (Å²) in [7, 11) is 1.47. The molecule has 0 amide bonds. The number of aromatic amines is 1. The Balaban J connectivity index is 2.32. The molecule has 0 aliphatic rings. The van der Waals surface area contributed by atoms with Crippen LogP contribution in [-0.2, 0) is 4.74 Å². The van der Waals surface area contributed by atoms with Crippen LogP contribution in [0.1, 0.15) is 19.8 Å². The van der Waals surface area contributed by atoms with E-state index in [0.29, 0.717) is 12.2 Å². The zero-order valence-electron chi connectivity index (χ0n) is 12.3. The number of benzene rings is 1. The zero-order valence-corrected chi connectivity index (χ0v) is 12.3. The minimum Gasteiger partial charge on any atom is -0.503 e. The smallest absolute Gasteiger partial charge is 0.503 e. The lowest BCUT2D eigenvalue weighted by molar-refractivity contribution is 0.0951. The molecule has 1 aromatic carbocycles. The molecule has 0 saturated heterocycles. The van der Waals surface area contributed by atoms with Crippen molar-refractivity contribution >= 4 is 16.9 Å². The van der Waals surface area contributed by atoms with Crippen molar-refractivity contribution < 1.29 is 24.1 Å². The maximum Gasteiger partial charge on any atom is 0.515 e. The van der Waals surface area contributed by atoms with E-state index in [0.717, 1.165) is 6.42 Å². The molecule has 0 radical (unpaired) electrons. The minimum absolute atomic E-state index is 0.210. The number of unbranched alkanes of at least 4 members (excludes halogenated alkanes) is 1. The first-order valence-electron chi connectivity index (χ1n) is 6.84. The van der Waals surface area contributed by atoms with Crippen molar-refractivity contribution in [3.05, 3.63) is 28.6 Å². The van der Waals surface area contributed by atoms with Crippen LogP contribution < -0.4 is 15.0 Å². The minimum atomic E-state index is -0.985. The van der Waals surface area contributed by atoms with Crippen molar-refractivity contribution in [2.24, 2.45) is 0 Å². The van der Waals surface area contributed by atoms with E-state index >= 15 is 0 Å². The number of H-pyrrole nitrogens is 1. The fraction of sp³-hybridized carbons (Fsp3) is 0.333. The van der Waals surface area contributed by atoms with Crippen LogP contribution in [-0.4, -0.2) is 30.0 Å². The van der Waals surface area contributed by atoms with Crippen molar-refractivity contribution in [2.75, 3.05) is 13.7 Å². The maximum atomic E-state index is 12.0. The second-order valence-electron chi connectivity index (χ2n) is 4.60. The fourth-order valence-electron chi connectivity index (χ4n) is 1.88. The molecule has 0 saturated carbocycles. The number of pyridine rings is 1. The molecule has 0 spiro atoms. The first-order valence-corrected chi connectivity index (χ1v) is 6.84. The van der Waals surface area contributed by atoms with Gasteiger partial charge < -0.3 is 19.3 Å². The maximum absolute atomic E-state index is 12.0. The fourth-order valence-corrected chi connectivity index (χ4v) is 1.88. The molecule has 2 rings (SSSR count). The second-order valence-corrected chi connectivity index (χ2v) is 4.60. The van der Waals surface area contributed by atoms with E-state index in [9.17, 15) is 14.7 Å². The van der Waals surface area contributed by atoms with E-state index in [2.05, 4.69) is 4.98 Å². The van der Waals surface area contributed by atoms with Gasteiger partial charge in [0, 0.05) is 5.39 Å². The van der Waals surface area contributed by atoms with Crippen molar-refractivity contribution in [3.63, 3.8) is 0 Å². The number of fused-ring (bicyclic) bond motifs is 1. The lowest BCUT2D eigenvalue weighted by Gasteiger charge is -2.09. The van der Waals surface area contributed by atoms with E-state index < -0.39 is 11.7 Å². The highest BCUT2D eigenvalue weighted by molar-refractivity contribution is 5.90. The van der Waals surface area contributed by atoms with Gasteiger partial charge in [-0.05, 0) is 24.6 Å². The Morgan fingerprint density at radius 3 is 2.77 bits per heavy atom. The van der Waals surface area contributed by atoms with Gasteiger partial charge in [-0.3, -0.25) is 9.78 Å². The number of carbonyl (C=O) groups excluding carboxylic acids is 1. The molecule has 118 valence electrons. The summed E-state index contributed by atoms with van der Waals surface area (Å²) in [5, 5.41) is 10.6. The van der Waals surface area contributed by atoms with Gasteiger partial charge in [-0.15, -0.1) is 0 Å². The zero-order chi connectivity index (χ0) is 16.1. The normalized spacial score (nSPS) is 10.5. The van der Waals surface area contributed by atoms with Crippen LogP contribution >= 0.6 is 0 Å². The highest BCUT2D eigenvalue weighted by Crippen LogP contribution is 2.32. The van der Waals surface area contributed by atoms with Gasteiger partial charge in [0.2, 0.25) is 5.88 Å². The Bertz CT molecular complexity index is 737. The average Bonchev–Trinajstić information content (AvgIpc) is 2.52. The Kier molecular flexibility index (Phi) is 4.88. The molecule has 1 heterocycles. The van der Waals surface area contributed by atoms with Gasteiger partial charge in [-0.25, -0.2) is 4.79 Å². The van der Waals surface area contributed by atoms with Gasteiger partial charge >= 0.3 is 6.16 Å². The summed E-state index contributed by atoms with van der Waals surface area (Å²) >= 11 is 0. The van der Waals surface area contributed by atoms with E-state index in [1.165, 1.54) is 19.2 Å². The third-order valence-electron chi connectivity index (χ3n) is 3.07. The van der Waals surface area contributed by atoms with Crippen molar-refractivity contribution in [1.82, 2.24) is 4.98 Å². The van der Waals surface area contributed by atoms with Crippen molar-refractivity contribution in [2.45, 2.75) is 19.8 Å². The lowest BCUT2D eigenvalue weighted by atomic mass is 10.1. The van der Waals surface area contributed by atoms with Crippen LogP contribution in [0.25, 0.3) is 10.8 Å². The molecule has 0 aliphatic heterocycles. The van der Waals surface area contributed by atoms with E-state index in [1.54, 1.807) is 6.07 Å². The van der Waals surface area contributed by atoms with Crippen LogP contribution in [0.15, 0.2) is 23.0 Å². The largest absolute Gasteiger partial charge is 0.515 e. The molecule has 0 bridgehead atoms. The SMILES string of the molecule is CCCCOC(=O)Oc1[nH]c(=O)c2ccc(OC)cc2c1O. The number of nitrogens with one attached hydrogen (secondary N) is 1. The Morgan fingerprint density at radius 1 is 1.32 bits per heavy atom. The molecule has 0 aliphatic carbocycles. The summed E-state index contributed by atoms with van der Waals surface area (Å²) in [6.07, 6.45) is 0.583. The van der Waals surface area contributed by atoms with E-state index in [1.807, 2.05) is 6.92 Å². The quantitative estimate of drug-likeness (QED) is 0.650. The highest BCUT2D eigenvalue weighted by atomic mass is 16.7. The number of methoxy groups -OCH3 is 1. The number of aromatic nitrogens is 1. The monoisotopic (exact) mass is 307 g/mol. The number of carbonyl (C=O) groups is 1. The molecular weight excluding hydrogens is 290 g/mol. The van der Waals surface area contributed by atoms with Gasteiger partial charge in [-0.1, -0.05) is 13.3 Å². The van der Waals surface area contributed by atoms with Crippen LogP contribution in [0.4, 0.5) is 4.79 Å². The predicted molar refractivity (Wildman–Crippen MR) is 79.7 cm³/mol. The van der Waals surface area contributed by atoms with Crippen LogP contribution in [0.5, 0.6) is 17.4 Å². The highest BCUT2D eigenvalue weighted by Gasteiger charge is 2.16. The van der Waals surface area contributed by atoms with E-state index in [4.69, 9.17) is 14.2 Å². The molecule has 1 aromatic heterocycles. The summed E-state index contributed by atoms with van der Waals surface area (Å²) < 4.78 is 14.7. The third-order valence-corrected chi connectivity index (χ3v) is 3.07. The summed E-state index contributed by atoms with van der Waals surface area (Å²) in [5.74, 6) is -0.252. The number of hydrogen-bond donors (Lipinski definition) is 2. The first kappa shape index (κ1) is 15.7. The topological polar surface area (TPSA) is 97.9 Å². The molecule has 0 atom stereocenters. The summed E-state index contributed by atoms with van der Waals surface area (Å²) in [4.78, 5) is 25.8. The molecule has 7 heteroatoms. The van der Waals surface area contributed by atoms with Crippen molar-refractivity contribution in [1.29, 1.82) is 0 Å². The Labute approximate surface area is 126 Å². The van der Waals surface area contributed by atoms with Gasteiger partial charge in [0.05, 0.1) is 19.1 Å². The molecular formula is C15H17NO6. The average molecular weight is 307 g/mol. The molecule has 2 N–H and O–H groups in total. The third kappa shape index (κ3) is 3.30. The van der Waals surface area contributed by atoms with Crippen LogP contribution in [0, 0.1) is 0 Å². The molecule has 7 nitrogen and oxygen atoms in total. The molecule has 0 unspecified atom stereocenters. The standard InChI is InChI=1S/C15H17NO6/c1-3-4-7-21-15(19)22-14-12(17)11-8-9(20-2)5-6-10(11)13(18)16-14/h5-6,8,17H,3-4,7H2,1-2H3,(H,16,18). The number of hydrogen-bond acceptors (Lipinski definition) is 6. The van der Waals surface area contributed by atoms with Gasteiger partial charge in [0.1, 0.15) is 5.75 Å². The Morgan fingerprint density at radius 2 is 2.09 bits per heavy atom. The van der Waals surface area contributed by atoms with Gasteiger partial charge in [-0.2, -0.15) is 0 Å². The lowest BCUT2D eigenvalue weighted by Crippen LogP contribution is -2.15. The van der Waals surface area contributed by atoms with Crippen molar-refractivity contribution in [3.8, 4) is 17.4 Å². The molecule has 22 heavy (non-hydrogen) atoms. The molecule has 0 fully saturated rings. The summed E-state index contributed by atoms with van der Waals surface area (Å²) in [6.45, 7) is 2.16. The van der Waals surface area contributed by atoms with Crippen LogP contribution in [0.2, 0.25) is 0 Å². The van der Waals surface area contributed by atoms with Gasteiger partial charge in [0.25, 0.3) is 5.56 Å². The predicted octanol–water partition coefficient (Wildman–Crippen LogP) is 2.56. The van der Waals surface area contributed by atoms with E-state index in [-0.39, 0.29) is 29.0 Å². The second kappa shape index (κ2) is 6.84. The number of ether oxygens (including phenoxy) is 3. The number of aromatic hydroxyl groups is 1. The summed E-state index contributed by atoms with van der Waals surface area (Å²) in [5.41, 5.74) is -0.494. The van der Waals surface area contributed by atoms with Gasteiger partial charge in [0.15, 0.2) is 5.75 Å².